The molecule has 0 saturated heterocycles. The van der Waals surface area contributed by atoms with Gasteiger partial charge >= 0.3 is 0 Å². The van der Waals surface area contributed by atoms with Crippen LogP contribution in [0.25, 0.3) is 0 Å². The number of fused-ring (bicyclic) bond motifs is 1. The van der Waals surface area contributed by atoms with Gasteiger partial charge in [0.2, 0.25) is 0 Å². The minimum Gasteiger partial charge on any atom is -0.493 e. The van der Waals surface area contributed by atoms with E-state index >= 15 is 0 Å². The van der Waals surface area contributed by atoms with Crippen molar-refractivity contribution < 1.29 is 4.74 Å². The van der Waals surface area contributed by atoms with E-state index in [0.29, 0.717) is 12.0 Å². The molecule has 0 amide bonds. The minimum atomic E-state index is 0.541. The summed E-state index contributed by atoms with van der Waals surface area (Å²) in [5, 5.41) is 3.55. The SMILES string of the molecule is CNC(C1CCCC1)C1COc2ccccc21. The van der Waals surface area contributed by atoms with Crippen molar-refractivity contribution in [2.45, 2.75) is 37.6 Å². The zero-order chi connectivity index (χ0) is 11.7. The molecule has 0 spiro atoms. The van der Waals surface area contributed by atoms with Gasteiger partial charge in [0.1, 0.15) is 5.75 Å². The lowest BCUT2D eigenvalue weighted by Crippen LogP contribution is -2.38. The Morgan fingerprint density at radius 1 is 1.24 bits per heavy atom. The fourth-order valence-electron chi connectivity index (χ4n) is 3.57. The summed E-state index contributed by atoms with van der Waals surface area (Å²) in [6.45, 7) is 0.849. The van der Waals surface area contributed by atoms with Crippen molar-refractivity contribution in [3.05, 3.63) is 29.8 Å². The number of hydrogen-bond donors (Lipinski definition) is 1. The van der Waals surface area contributed by atoms with Crippen LogP contribution in [0.15, 0.2) is 24.3 Å². The fourth-order valence-corrected chi connectivity index (χ4v) is 3.57. The third-order valence-electron chi connectivity index (χ3n) is 4.41. The van der Waals surface area contributed by atoms with Crippen molar-refractivity contribution in [2.24, 2.45) is 5.92 Å². The Bertz CT molecular complexity index is 384. The maximum absolute atomic E-state index is 5.81. The van der Waals surface area contributed by atoms with E-state index in [4.69, 9.17) is 4.74 Å². The van der Waals surface area contributed by atoms with E-state index in [0.717, 1.165) is 18.3 Å². The molecule has 1 aliphatic carbocycles. The molecule has 0 bridgehead atoms. The van der Waals surface area contributed by atoms with E-state index < -0.39 is 0 Å². The van der Waals surface area contributed by atoms with Crippen LogP contribution in [0.5, 0.6) is 5.75 Å². The molecular formula is C15H21NO. The lowest BCUT2D eigenvalue weighted by atomic mass is 9.84. The van der Waals surface area contributed by atoms with Crippen molar-refractivity contribution in [1.82, 2.24) is 5.32 Å². The fraction of sp³-hybridized carbons (Fsp3) is 0.600. The summed E-state index contributed by atoms with van der Waals surface area (Å²) in [7, 11) is 2.10. The highest BCUT2D eigenvalue weighted by Crippen LogP contribution is 2.41. The van der Waals surface area contributed by atoms with E-state index in [1.807, 2.05) is 0 Å². The Morgan fingerprint density at radius 3 is 2.76 bits per heavy atom. The highest BCUT2D eigenvalue weighted by Gasteiger charge is 2.35. The maximum atomic E-state index is 5.81. The van der Waals surface area contributed by atoms with Crippen LogP contribution in [0.3, 0.4) is 0 Å². The van der Waals surface area contributed by atoms with Crippen molar-refractivity contribution in [3.8, 4) is 5.75 Å². The Labute approximate surface area is 103 Å². The lowest BCUT2D eigenvalue weighted by molar-refractivity contribution is 0.261. The largest absolute Gasteiger partial charge is 0.493 e. The summed E-state index contributed by atoms with van der Waals surface area (Å²) >= 11 is 0. The molecule has 1 fully saturated rings. The number of ether oxygens (including phenoxy) is 1. The Morgan fingerprint density at radius 2 is 2.00 bits per heavy atom. The second kappa shape index (κ2) is 4.69. The van der Waals surface area contributed by atoms with Crippen molar-refractivity contribution >= 4 is 0 Å². The average molecular weight is 231 g/mol. The van der Waals surface area contributed by atoms with Crippen LogP contribution in [-0.4, -0.2) is 19.7 Å². The van der Waals surface area contributed by atoms with Crippen LogP contribution < -0.4 is 10.1 Å². The summed E-state index contributed by atoms with van der Waals surface area (Å²) in [5.74, 6) is 2.47. The molecule has 2 unspecified atom stereocenters. The number of likely N-dealkylation sites (N-methyl/N-ethyl adjacent to an activating group) is 1. The van der Waals surface area contributed by atoms with Crippen LogP contribution in [0.1, 0.15) is 37.2 Å². The van der Waals surface area contributed by atoms with Gasteiger partial charge in [-0.15, -0.1) is 0 Å². The molecule has 2 heteroatoms. The maximum Gasteiger partial charge on any atom is 0.122 e. The topological polar surface area (TPSA) is 21.3 Å². The van der Waals surface area contributed by atoms with Crippen LogP contribution in [0.2, 0.25) is 0 Å². The van der Waals surface area contributed by atoms with E-state index in [-0.39, 0.29) is 0 Å². The molecule has 92 valence electrons. The number of benzene rings is 1. The third-order valence-corrected chi connectivity index (χ3v) is 4.41. The molecule has 3 rings (SSSR count). The number of rotatable bonds is 3. The normalized spacial score (nSPS) is 25.6. The first-order chi connectivity index (χ1) is 8.40. The molecule has 0 aromatic heterocycles. The highest BCUT2D eigenvalue weighted by atomic mass is 16.5. The molecule has 2 nitrogen and oxygen atoms in total. The lowest BCUT2D eigenvalue weighted by Gasteiger charge is -2.28. The van der Waals surface area contributed by atoms with E-state index in [1.54, 1.807) is 0 Å². The highest BCUT2D eigenvalue weighted by molar-refractivity contribution is 5.40. The first-order valence-corrected chi connectivity index (χ1v) is 6.79. The third kappa shape index (κ3) is 1.95. The van der Waals surface area contributed by atoms with E-state index in [1.165, 1.54) is 31.2 Å². The number of hydrogen-bond acceptors (Lipinski definition) is 2. The monoisotopic (exact) mass is 231 g/mol. The summed E-state index contributed by atoms with van der Waals surface area (Å²) in [4.78, 5) is 0. The molecule has 1 saturated carbocycles. The van der Waals surface area contributed by atoms with Crippen LogP contribution >= 0.6 is 0 Å². The number of para-hydroxylation sites is 1. The predicted molar refractivity (Wildman–Crippen MR) is 69.5 cm³/mol. The smallest absolute Gasteiger partial charge is 0.122 e. The van der Waals surface area contributed by atoms with Gasteiger partial charge in [-0.05, 0) is 31.9 Å². The Balaban J connectivity index is 1.84. The number of nitrogens with one attached hydrogen (secondary N) is 1. The van der Waals surface area contributed by atoms with Crippen LogP contribution in [0, 0.1) is 5.92 Å². The second-order valence-electron chi connectivity index (χ2n) is 5.31. The molecule has 1 N–H and O–H groups in total. The van der Waals surface area contributed by atoms with Crippen LogP contribution in [0.4, 0.5) is 0 Å². The van der Waals surface area contributed by atoms with E-state index in [9.17, 15) is 0 Å². The molecule has 1 aromatic carbocycles. The quantitative estimate of drug-likeness (QED) is 0.863. The first kappa shape index (κ1) is 11.1. The average Bonchev–Trinajstić information content (AvgIpc) is 3.01. The van der Waals surface area contributed by atoms with Gasteiger partial charge in [-0.1, -0.05) is 31.0 Å². The first-order valence-electron chi connectivity index (χ1n) is 6.79. The summed E-state index contributed by atoms with van der Waals surface area (Å²) in [6, 6.07) is 9.09. The minimum absolute atomic E-state index is 0.541. The van der Waals surface area contributed by atoms with Gasteiger partial charge in [-0.25, -0.2) is 0 Å². The molecule has 1 heterocycles. The summed E-state index contributed by atoms with van der Waals surface area (Å²) in [5.41, 5.74) is 1.40. The molecule has 17 heavy (non-hydrogen) atoms. The second-order valence-corrected chi connectivity index (χ2v) is 5.31. The van der Waals surface area contributed by atoms with Gasteiger partial charge in [0.05, 0.1) is 6.61 Å². The van der Waals surface area contributed by atoms with Gasteiger partial charge in [0, 0.05) is 17.5 Å². The zero-order valence-corrected chi connectivity index (χ0v) is 10.5. The summed E-state index contributed by atoms with van der Waals surface area (Å²) in [6.07, 6.45) is 5.56. The van der Waals surface area contributed by atoms with Crippen molar-refractivity contribution in [3.63, 3.8) is 0 Å². The van der Waals surface area contributed by atoms with Gasteiger partial charge in [-0.2, -0.15) is 0 Å². The molecular weight excluding hydrogens is 210 g/mol. The van der Waals surface area contributed by atoms with Gasteiger partial charge < -0.3 is 10.1 Å². The zero-order valence-electron chi connectivity index (χ0n) is 10.5. The van der Waals surface area contributed by atoms with Crippen molar-refractivity contribution in [1.29, 1.82) is 0 Å². The Hall–Kier alpha value is -1.02. The molecule has 1 aliphatic heterocycles. The predicted octanol–water partition coefficient (Wildman–Crippen LogP) is 2.94. The standard InChI is InChI=1S/C15H21NO/c1-16-15(11-6-2-3-7-11)13-10-17-14-9-5-4-8-12(13)14/h4-5,8-9,11,13,15-16H,2-3,6-7,10H2,1H3. The van der Waals surface area contributed by atoms with Gasteiger partial charge in [0.15, 0.2) is 0 Å². The Kier molecular flexibility index (Phi) is 3.06. The molecule has 2 aliphatic rings. The molecule has 0 radical (unpaired) electrons. The van der Waals surface area contributed by atoms with E-state index in [2.05, 4.69) is 36.6 Å². The van der Waals surface area contributed by atoms with Crippen LogP contribution in [-0.2, 0) is 0 Å². The molecule has 2 atom stereocenters. The van der Waals surface area contributed by atoms with Gasteiger partial charge in [0.25, 0.3) is 0 Å². The van der Waals surface area contributed by atoms with Crippen molar-refractivity contribution in [2.75, 3.05) is 13.7 Å². The summed E-state index contributed by atoms with van der Waals surface area (Å²) < 4.78 is 5.81. The molecule has 1 aromatic rings. The van der Waals surface area contributed by atoms with Gasteiger partial charge in [-0.3, -0.25) is 0 Å².